The maximum absolute atomic E-state index is 12.8. The van der Waals surface area contributed by atoms with Crippen LogP contribution < -0.4 is 10.6 Å². The van der Waals surface area contributed by atoms with E-state index in [0.29, 0.717) is 25.9 Å². The van der Waals surface area contributed by atoms with Crippen molar-refractivity contribution in [3.8, 4) is 0 Å². The van der Waals surface area contributed by atoms with Crippen LogP contribution in [0.15, 0.2) is 36.1 Å². The van der Waals surface area contributed by atoms with E-state index in [9.17, 15) is 14.4 Å². The van der Waals surface area contributed by atoms with Crippen LogP contribution in [0.4, 0.5) is 10.5 Å². The van der Waals surface area contributed by atoms with Crippen molar-refractivity contribution in [2.24, 2.45) is 0 Å². The monoisotopic (exact) mass is 522 g/mol. The first-order valence-electron chi connectivity index (χ1n) is 10.3. The Morgan fingerprint density at radius 3 is 2.59 bits per heavy atom. The molecule has 0 unspecified atom stereocenters. The predicted octanol–water partition coefficient (Wildman–Crippen LogP) is 3.96. The highest BCUT2D eigenvalue weighted by Gasteiger charge is 2.27. The summed E-state index contributed by atoms with van der Waals surface area (Å²) in [5.41, 5.74) is 2.01. The van der Waals surface area contributed by atoms with Gasteiger partial charge in [0.05, 0.1) is 31.7 Å². The molecule has 0 aliphatic carbocycles. The lowest BCUT2D eigenvalue weighted by atomic mass is 10.1. The number of nitrogens with one attached hydrogen (secondary N) is 3. The van der Waals surface area contributed by atoms with Crippen molar-refractivity contribution in [3.05, 3.63) is 62.3 Å². The lowest BCUT2D eigenvalue weighted by Crippen LogP contribution is -2.46. The largest absolute Gasteiger partial charge is 0.444 e. The van der Waals surface area contributed by atoms with E-state index in [1.165, 1.54) is 17.5 Å². The number of amides is 3. The number of likely N-dealkylation sites (tertiary alicyclic amines) is 1. The minimum atomic E-state index is -0.559. The van der Waals surface area contributed by atoms with Gasteiger partial charge >= 0.3 is 6.09 Å². The summed E-state index contributed by atoms with van der Waals surface area (Å²) in [6.07, 6.45) is 3.79. The van der Waals surface area contributed by atoms with Crippen molar-refractivity contribution in [2.45, 2.75) is 25.5 Å². The number of rotatable bonds is 6. The fourth-order valence-electron chi connectivity index (χ4n) is 3.46. The van der Waals surface area contributed by atoms with Crippen molar-refractivity contribution in [1.82, 2.24) is 25.4 Å². The summed E-state index contributed by atoms with van der Waals surface area (Å²) in [4.78, 5) is 44.1. The Hall–Kier alpha value is -3.15. The van der Waals surface area contributed by atoms with Crippen LogP contribution in [0.5, 0.6) is 0 Å². The first-order valence-corrected chi connectivity index (χ1v) is 11.9. The first-order chi connectivity index (χ1) is 16.4. The number of thiazole rings is 1. The number of benzene rings is 1. The smallest absolute Gasteiger partial charge is 0.410 e. The van der Waals surface area contributed by atoms with Gasteiger partial charge in [-0.3, -0.25) is 19.7 Å². The third-order valence-electron chi connectivity index (χ3n) is 5.20. The van der Waals surface area contributed by atoms with Gasteiger partial charge in [-0.25, -0.2) is 4.79 Å². The summed E-state index contributed by atoms with van der Waals surface area (Å²) in [6, 6.07) is 4.57. The Balaban J connectivity index is 1.29. The molecule has 0 bridgehead atoms. The summed E-state index contributed by atoms with van der Waals surface area (Å²) in [6.45, 7) is 1.08. The second-order valence-electron chi connectivity index (χ2n) is 7.46. The molecule has 3 amide bonds. The van der Waals surface area contributed by atoms with E-state index in [4.69, 9.17) is 27.9 Å². The van der Waals surface area contributed by atoms with Gasteiger partial charge in [-0.15, -0.1) is 11.3 Å². The van der Waals surface area contributed by atoms with Gasteiger partial charge in [0.15, 0.2) is 5.69 Å². The number of H-pyrrole nitrogens is 1. The third kappa shape index (κ3) is 5.66. The van der Waals surface area contributed by atoms with E-state index < -0.39 is 17.9 Å². The molecular formula is C21H20Cl2N6O4S. The second-order valence-corrected chi connectivity index (χ2v) is 9.24. The van der Waals surface area contributed by atoms with Crippen LogP contribution in [0.1, 0.15) is 38.6 Å². The van der Waals surface area contributed by atoms with Gasteiger partial charge in [0, 0.05) is 31.5 Å². The van der Waals surface area contributed by atoms with Gasteiger partial charge in [0.25, 0.3) is 11.8 Å². The molecule has 0 saturated carbocycles. The van der Waals surface area contributed by atoms with Crippen molar-refractivity contribution in [1.29, 1.82) is 0 Å². The molecule has 4 rings (SSSR count). The van der Waals surface area contributed by atoms with Crippen LogP contribution in [0, 0.1) is 0 Å². The molecule has 1 fully saturated rings. The molecule has 0 radical (unpaired) electrons. The lowest BCUT2D eigenvalue weighted by Gasteiger charge is -2.31. The number of hydrogen-bond donors (Lipinski definition) is 3. The Bertz CT molecular complexity index is 1160. The van der Waals surface area contributed by atoms with Crippen LogP contribution >= 0.6 is 34.5 Å². The predicted molar refractivity (Wildman–Crippen MR) is 127 cm³/mol. The molecule has 1 aromatic carbocycles. The fraction of sp³-hybridized carbons (Fsp3) is 0.286. The van der Waals surface area contributed by atoms with E-state index >= 15 is 0 Å². The van der Waals surface area contributed by atoms with Crippen molar-refractivity contribution < 1.29 is 19.1 Å². The molecule has 0 atom stereocenters. The van der Waals surface area contributed by atoms with Crippen LogP contribution in [-0.2, 0) is 11.3 Å². The normalized spacial score (nSPS) is 14.0. The van der Waals surface area contributed by atoms with E-state index in [2.05, 4.69) is 25.8 Å². The molecule has 3 aromatic rings. The maximum Gasteiger partial charge on any atom is 0.410 e. The van der Waals surface area contributed by atoms with Gasteiger partial charge in [0.1, 0.15) is 6.61 Å². The number of halogens is 2. The molecule has 178 valence electrons. The molecule has 1 aliphatic rings. The number of hydrogen-bond acceptors (Lipinski definition) is 7. The molecule has 2 aromatic heterocycles. The molecule has 1 aliphatic heterocycles. The van der Waals surface area contributed by atoms with Gasteiger partial charge in [-0.05, 0) is 25.0 Å². The number of anilines is 1. The Morgan fingerprint density at radius 1 is 1.18 bits per heavy atom. The summed E-state index contributed by atoms with van der Waals surface area (Å²) in [5, 5.41) is 12.4. The summed E-state index contributed by atoms with van der Waals surface area (Å²) in [5.74, 6) is -1.01. The average molecular weight is 523 g/mol. The van der Waals surface area contributed by atoms with E-state index in [1.807, 2.05) is 0 Å². The van der Waals surface area contributed by atoms with Crippen molar-refractivity contribution in [2.75, 3.05) is 18.4 Å². The highest BCUT2D eigenvalue weighted by Crippen LogP contribution is 2.26. The van der Waals surface area contributed by atoms with Crippen LogP contribution in [0.2, 0.25) is 10.0 Å². The molecular weight excluding hydrogens is 503 g/mol. The van der Waals surface area contributed by atoms with E-state index in [-0.39, 0.29) is 39.6 Å². The lowest BCUT2D eigenvalue weighted by molar-refractivity contribution is 0.0812. The minimum Gasteiger partial charge on any atom is -0.444 e. The Kier molecular flexibility index (Phi) is 7.66. The highest BCUT2D eigenvalue weighted by molar-refractivity contribution is 7.09. The summed E-state index contributed by atoms with van der Waals surface area (Å²) < 4.78 is 5.30. The number of aromatic nitrogens is 3. The molecule has 1 saturated heterocycles. The van der Waals surface area contributed by atoms with Gasteiger partial charge in [-0.2, -0.15) is 5.10 Å². The number of nitrogens with zero attached hydrogens (tertiary/aromatic N) is 3. The Labute approximate surface area is 208 Å². The average Bonchev–Trinajstić information content (AvgIpc) is 3.50. The second kappa shape index (κ2) is 10.9. The highest BCUT2D eigenvalue weighted by atomic mass is 35.5. The molecule has 10 nitrogen and oxygen atoms in total. The minimum absolute atomic E-state index is 0.0305. The van der Waals surface area contributed by atoms with Gasteiger partial charge in [0.2, 0.25) is 0 Å². The number of aromatic amines is 1. The number of piperidine rings is 1. The quantitative estimate of drug-likeness (QED) is 0.449. The molecule has 3 heterocycles. The fourth-order valence-corrected chi connectivity index (χ4v) is 4.53. The zero-order valence-electron chi connectivity index (χ0n) is 17.7. The topological polar surface area (TPSA) is 129 Å². The van der Waals surface area contributed by atoms with E-state index in [1.54, 1.807) is 34.8 Å². The molecule has 3 N–H and O–H groups in total. The van der Waals surface area contributed by atoms with Crippen molar-refractivity contribution >= 4 is 58.1 Å². The zero-order valence-corrected chi connectivity index (χ0v) is 20.0. The SMILES string of the molecule is O=C(NC1CCN(C(=O)OCc2cncs2)CC1)c1n[nH]cc1NC(=O)c1c(Cl)cccc1Cl. The number of ether oxygens (including phenoxy) is 1. The third-order valence-corrected chi connectivity index (χ3v) is 6.59. The summed E-state index contributed by atoms with van der Waals surface area (Å²) >= 11 is 13.6. The molecule has 34 heavy (non-hydrogen) atoms. The molecule has 13 heteroatoms. The first kappa shape index (κ1) is 24.0. The number of carbonyl (C=O) groups excluding carboxylic acids is 3. The Morgan fingerprint density at radius 2 is 1.91 bits per heavy atom. The van der Waals surface area contributed by atoms with Gasteiger partial charge < -0.3 is 20.3 Å². The van der Waals surface area contributed by atoms with Crippen molar-refractivity contribution in [3.63, 3.8) is 0 Å². The molecule has 0 spiro atoms. The number of carbonyl (C=O) groups is 3. The van der Waals surface area contributed by atoms with Crippen LogP contribution in [0.3, 0.4) is 0 Å². The van der Waals surface area contributed by atoms with E-state index in [0.717, 1.165) is 4.88 Å². The zero-order chi connectivity index (χ0) is 24.1. The summed E-state index contributed by atoms with van der Waals surface area (Å²) in [7, 11) is 0. The standard InChI is InChI=1S/C21H20Cl2N6O4S/c22-14-2-1-3-15(23)17(14)19(30)27-16-9-25-28-18(16)20(31)26-12-4-6-29(7-5-12)21(32)33-10-13-8-24-11-34-13/h1-3,8-9,11-12H,4-7,10H2,(H,25,28)(H,26,31)(H,27,30). The van der Waals surface area contributed by atoms with Crippen LogP contribution in [-0.4, -0.2) is 57.1 Å². The van der Waals surface area contributed by atoms with Crippen LogP contribution in [0.25, 0.3) is 0 Å². The van der Waals surface area contributed by atoms with Gasteiger partial charge in [-0.1, -0.05) is 29.3 Å². The maximum atomic E-state index is 12.8.